The van der Waals surface area contributed by atoms with E-state index in [1.165, 1.54) is 0 Å². The molecule has 0 fully saturated rings. The zero-order valence-electron chi connectivity index (χ0n) is 11.2. The summed E-state index contributed by atoms with van der Waals surface area (Å²) in [6.07, 6.45) is 3.10. The van der Waals surface area contributed by atoms with Gasteiger partial charge in [-0.2, -0.15) is 0 Å². The molecule has 5 nitrogen and oxygen atoms in total. The number of nitrogens with zero attached hydrogens (tertiary/aromatic N) is 1. The summed E-state index contributed by atoms with van der Waals surface area (Å²) >= 11 is 0. The third kappa shape index (κ3) is 6.26. The van der Waals surface area contributed by atoms with Gasteiger partial charge in [-0.3, -0.25) is 9.59 Å². The molecule has 17 heavy (non-hydrogen) atoms. The van der Waals surface area contributed by atoms with Crippen LogP contribution in [0, 0.1) is 0 Å². The number of nitrogens with one attached hydrogen (secondary N) is 1. The maximum atomic E-state index is 11.9. The topological polar surface area (TPSA) is 75.4 Å². The lowest BCUT2D eigenvalue weighted by Crippen LogP contribution is -2.47. The predicted molar refractivity (Wildman–Crippen MR) is 68.4 cm³/mol. The van der Waals surface area contributed by atoms with E-state index in [1.807, 2.05) is 13.8 Å². The summed E-state index contributed by atoms with van der Waals surface area (Å²) in [5.74, 6) is -1.01. The zero-order valence-corrected chi connectivity index (χ0v) is 11.2. The van der Waals surface area contributed by atoms with E-state index in [4.69, 9.17) is 5.73 Å². The molecular weight excluding hydrogens is 218 g/mol. The van der Waals surface area contributed by atoms with E-state index in [-0.39, 0.29) is 6.04 Å². The maximum Gasteiger partial charge on any atom is 0.312 e. The van der Waals surface area contributed by atoms with Crippen LogP contribution in [0.3, 0.4) is 0 Å². The van der Waals surface area contributed by atoms with E-state index in [2.05, 4.69) is 12.2 Å². The molecule has 0 heterocycles. The first kappa shape index (κ1) is 15.9. The standard InChI is InChI=1S/C12H25N3O2/c1-4-5-6-9-15(10(2)3)12(17)11(16)14-8-7-13/h10H,4-9,13H2,1-3H3,(H,14,16). The van der Waals surface area contributed by atoms with Crippen molar-refractivity contribution < 1.29 is 9.59 Å². The summed E-state index contributed by atoms with van der Waals surface area (Å²) in [5, 5.41) is 2.50. The van der Waals surface area contributed by atoms with Gasteiger partial charge >= 0.3 is 11.8 Å². The first-order valence-corrected chi connectivity index (χ1v) is 6.33. The minimum atomic E-state index is -0.555. The smallest absolute Gasteiger partial charge is 0.312 e. The molecular formula is C12H25N3O2. The highest BCUT2D eigenvalue weighted by atomic mass is 16.2. The number of hydrogen-bond acceptors (Lipinski definition) is 3. The Morgan fingerprint density at radius 3 is 2.41 bits per heavy atom. The second-order valence-corrected chi connectivity index (χ2v) is 4.34. The molecule has 0 aromatic rings. The summed E-state index contributed by atoms with van der Waals surface area (Å²) in [6.45, 7) is 7.26. The van der Waals surface area contributed by atoms with E-state index >= 15 is 0 Å². The number of carbonyl (C=O) groups excluding carboxylic acids is 2. The summed E-state index contributed by atoms with van der Waals surface area (Å²) < 4.78 is 0. The van der Waals surface area contributed by atoms with Gasteiger partial charge in [0.15, 0.2) is 0 Å². The quantitative estimate of drug-likeness (QED) is 0.505. The highest BCUT2D eigenvalue weighted by molar-refractivity contribution is 6.35. The molecule has 0 spiro atoms. The van der Waals surface area contributed by atoms with Crippen LogP contribution in [0.25, 0.3) is 0 Å². The molecule has 0 aliphatic rings. The number of hydrogen-bond donors (Lipinski definition) is 2. The van der Waals surface area contributed by atoms with Crippen LogP contribution in [0.2, 0.25) is 0 Å². The van der Waals surface area contributed by atoms with Crippen molar-refractivity contribution in [1.82, 2.24) is 10.2 Å². The lowest BCUT2D eigenvalue weighted by molar-refractivity contribution is -0.147. The Kier molecular flexibility index (Phi) is 8.40. The van der Waals surface area contributed by atoms with Gasteiger partial charge in [-0.1, -0.05) is 19.8 Å². The van der Waals surface area contributed by atoms with Crippen LogP contribution in [0.15, 0.2) is 0 Å². The normalized spacial score (nSPS) is 10.4. The molecule has 0 atom stereocenters. The van der Waals surface area contributed by atoms with Crippen molar-refractivity contribution in [2.24, 2.45) is 5.73 Å². The zero-order chi connectivity index (χ0) is 13.3. The minimum Gasteiger partial charge on any atom is -0.347 e. The summed E-state index contributed by atoms with van der Waals surface area (Å²) in [4.78, 5) is 25.0. The first-order valence-electron chi connectivity index (χ1n) is 6.33. The number of amides is 2. The summed E-state index contributed by atoms with van der Waals surface area (Å²) in [6, 6.07) is 0.0444. The highest BCUT2D eigenvalue weighted by Gasteiger charge is 2.22. The third-order valence-electron chi connectivity index (χ3n) is 2.51. The van der Waals surface area contributed by atoms with Gasteiger partial charge in [-0.15, -0.1) is 0 Å². The number of unbranched alkanes of at least 4 members (excludes halogenated alkanes) is 2. The second kappa shape index (κ2) is 8.98. The molecule has 0 rings (SSSR count). The molecule has 0 saturated carbocycles. The largest absolute Gasteiger partial charge is 0.347 e. The van der Waals surface area contributed by atoms with E-state index in [0.717, 1.165) is 19.3 Å². The Labute approximate surface area is 104 Å². The van der Waals surface area contributed by atoms with Crippen molar-refractivity contribution in [2.75, 3.05) is 19.6 Å². The molecule has 100 valence electrons. The summed E-state index contributed by atoms with van der Waals surface area (Å²) in [5.41, 5.74) is 5.27. The van der Waals surface area contributed by atoms with Gasteiger partial charge in [-0.05, 0) is 20.3 Å². The monoisotopic (exact) mass is 243 g/mol. The lowest BCUT2D eigenvalue weighted by atomic mass is 10.2. The average molecular weight is 243 g/mol. The molecule has 2 amide bonds. The molecule has 0 saturated heterocycles. The van der Waals surface area contributed by atoms with Crippen molar-refractivity contribution in [3.05, 3.63) is 0 Å². The van der Waals surface area contributed by atoms with Gasteiger partial charge in [0.25, 0.3) is 0 Å². The van der Waals surface area contributed by atoms with Crippen LogP contribution in [0.4, 0.5) is 0 Å². The van der Waals surface area contributed by atoms with Crippen LogP contribution >= 0.6 is 0 Å². The van der Waals surface area contributed by atoms with E-state index in [0.29, 0.717) is 19.6 Å². The van der Waals surface area contributed by atoms with Gasteiger partial charge in [-0.25, -0.2) is 0 Å². The Hall–Kier alpha value is -1.10. The fourth-order valence-electron chi connectivity index (χ4n) is 1.52. The van der Waals surface area contributed by atoms with Crippen molar-refractivity contribution in [3.63, 3.8) is 0 Å². The molecule has 0 aliphatic carbocycles. The number of nitrogens with two attached hydrogens (primary N) is 1. The van der Waals surface area contributed by atoms with Crippen molar-refractivity contribution in [1.29, 1.82) is 0 Å². The van der Waals surface area contributed by atoms with Gasteiger partial charge < -0.3 is 16.0 Å². The first-order chi connectivity index (χ1) is 8.04. The molecule has 3 N–H and O–H groups in total. The van der Waals surface area contributed by atoms with Crippen molar-refractivity contribution in [3.8, 4) is 0 Å². The van der Waals surface area contributed by atoms with Crippen LogP contribution in [-0.4, -0.2) is 42.4 Å². The Morgan fingerprint density at radius 2 is 1.94 bits per heavy atom. The van der Waals surface area contributed by atoms with Gasteiger partial charge in [0.05, 0.1) is 0 Å². The number of carbonyl (C=O) groups is 2. The fourth-order valence-corrected chi connectivity index (χ4v) is 1.52. The molecule has 0 unspecified atom stereocenters. The van der Waals surface area contributed by atoms with E-state index < -0.39 is 11.8 Å². The van der Waals surface area contributed by atoms with E-state index in [1.54, 1.807) is 4.90 Å². The highest BCUT2D eigenvalue weighted by Crippen LogP contribution is 2.04. The Morgan fingerprint density at radius 1 is 1.29 bits per heavy atom. The van der Waals surface area contributed by atoms with Crippen molar-refractivity contribution >= 4 is 11.8 Å². The average Bonchev–Trinajstić information content (AvgIpc) is 2.30. The lowest BCUT2D eigenvalue weighted by Gasteiger charge is -2.26. The molecule has 0 aromatic heterocycles. The van der Waals surface area contributed by atoms with Crippen molar-refractivity contribution in [2.45, 2.75) is 46.1 Å². The molecule has 0 aliphatic heterocycles. The SMILES string of the molecule is CCCCCN(C(=O)C(=O)NCCN)C(C)C. The van der Waals surface area contributed by atoms with Crippen LogP contribution in [-0.2, 0) is 9.59 Å². The van der Waals surface area contributed by atoms with Crippen LogP contribution in [0.5, 0.6) is 0 Å². The predicted octanol–water partition coefficient (Wildman–Crippen LogP) is 0.489. The van der Waals surface area contributed by atoms with Crippen LogP contribution < -0.4 is 11.1 Å². The maximum absolute atomic E-state index is 11.9. The molecule has 0 radical (unpaired) electrons. The van der Waals surface area contributed by atoms with Crippen LogP contribution in [0.1, 0.15) is 40.0 Å². The van der Waals surface area contributed by atoms with E-state index in [9.17, 15) is 9.59 Å². The molecule has 0 aromatic carbocycles. The fraction of sp³-hybridized carbons (Fsp3) is 0.833. The number of rotatable bonds is 7. The van der Waals surface area contributed by atoms with Gasteiger partial charge in [0.1, 0.15) is 0 Å². The van der Waals surface area contributed by atoms with Gasteiger partial charge in [0, 0.05) is 25.7 Å². The Balaban J connectivity index is 4.28. The Bertz CT molecular complexity index is 242. The minimum absolute atomic E-state index is 0.0444. The second-order valence-electron chi connectivity index (χ2n) is 4.34. The van der Waals surface area contributed by atoms with Gasteiger partial charge in [0.2, 0.25) is 0 Å². The molecule has 0 bridgehead atoms. The molecule has 5 heteroatoms. The third-order valence-corrected chi connectivity index (χ3v) is 2.51. The summed E-state index contributed by atoms with van der Waals surface area (Å²) in [7, 11) is 0.